The molecule has 0 amide bonds. The van der Waals surface area contributed by atoms with Crippen LogP contribution < -0.4 is 0 Å². The molecule has 4 aliphatic heterocycles. The summed E-state index contributed by atoms with van der Waals surface area (Å²) < 4.78 is 37.9. The van der Waals surface area contributed by atoms with Gasteiger partial charge in [0.1, 0.15) is 6.04 Å². The third-order valence-electron chi connectivity index (χ3n) is 5.17. The van der Waals surface area contributed by atoms with Crippen LogP contribution in [0.3, 0.4) is 0 Å². The Morgan fingerprint density at radius 1 is 1.25 bits per heavy atom. The lowest BCUT2D eigenvalue weighted by Gasteiger charge is -2.56. The van der Waals surface area contributed by atoms with Gasteiger partial charge >= 0.3 is 12.1 Å². The van der Waals surface area contributed by atoms with E-state index >= 15 is 0 Å². The van der Waals surface area contributed by atoms with Crippen molar-refractivity contribution in [1.82, 2.24) is 9.80 Å². The van der Waals surface area contributed by atoms with Crippen molar-refractivity contribution >= 4 is 5.97 Å². The van der Waals surface area contributed by atoms with E-state index in [4.69, 9.17) is 0 Å². The zero-order chi connectivity index (χ0) is 14.5. The molecule has 114 valence electrons. The van der Waals surface area contributed by atoms with Crippen LogP contribution in [-0.4, -0.2) is 65.3 Å². The zero-order valence-electron chi connectivity index (χ0n) is 11.1. The van der Waals surface area contributed by atoms with Gasteiger partial charge in [0, 0.05) is 12.6 Å². The summed E-state index contributed by atoms with van der Waals surface area (Å²) in [6.45, 7) is 1.01. The van der Waals surface area contributed by atoms with Crippen LogP contribution in [0.25, 0.3) is 0 Å². The van der Waals surface area contributed by atoms with Crippen LogP contribution in [0.1, 0.15) is 19.3 Å². The highest BCUT2D eigenvalue weighted by Crippen LogP contribution is 2.43. The van der Waals surface area contributed by atoms with Gasteiger partial charge in [-0.1, -0.05) is 0 Å². The number of carboxylic acid groups (broad SMARTS) is 1. The SMILES string of the molecule is O=C(O)C1CC2C3CCN(CC3)C2CN1CC(F)(F)F. The number of piperidine rings is 4. The van der Waals surface area contributed by atoms with Gasteiger partial charge in [-0.05, 0) is 44.2 Å². The summed E-state index contributed by atoms with van der Waals surface area (Å²) in [5.74, 6) is -0.368. The molecule has 4 nitrogen and oxygen atoms in total. The first-order chi connectivity index (χ1) is 9.35. The third-order valence-corrected chi connectivity index (χ3v) is 5.17. The predicted octanol–water partition coefficient (Wildman–Crippen LogP) is 1.42. The maximum Gasteiger partial charge on any atom is 0.401 e. The van der Waals surface area contributed by atoms with E-state index in [0.29, 0.717) is 12.3 Å². The van der Waals surface area contributed by atoms with Crippen LogP contribution in [0.15, 0.2) is 0 Å². The molecule has 7 heteroatoms. The normalized spacial score (nSPS) is 41.5. The molecule has 4 heterocycles. The van der Waals surface area contributed by atoms with Crippen molar-refractivity contribution in [2.45, 2.75) is 37.5 Å². The van der Waals surface area contributed by atoms with Gasteiger partial charge in [0.25, 0.3) is 0 Å². The van der Waals surface area contributed by atoms with Crippen molar-refractivity contribution < 1.29 is 23.1 Å². The van der Waals surface area contributed by atoms with E-state index in [0.717, 1.165) is 30.8 Å². The number of aliphatic carboxylic acids is 1. The highest BCUT2D eigenvalue weighted by molar-refractivity contribution is 5.73. The Kier molecular flexibility index (Phi) is 3.44. The topological polar surface area (TPSA) is 43.8 Å². The maximum atomic E-state index is 12.6. The Morgan fingerprint density at radius 2 is 1.90 bits per heavy atom. The summed E-state index contributed by atoms with van der Waals surface area (Å²) in [5.41, 5.74) is 0. The van der Waals surface area contributed by atoms with Crippen molar-refractivity contribution in [3.8, 4) is 0 Å². The summed E-state index contributed by atoms with van der Waals surface area (Å²) in [6.07, 6.45) is -1.86. The molecule has 0 aliphatic carbocycles. The molecule has 0 aromatic heterocycles. The number of nitrogens with zero attached hydrogens (tertiary/aromatic N) is 2. The van der Waals surface area contributed by atoms with Crippen molar-refractivity contribution in [3.05, 3.63) is 0 Å². The number of carboxylic acids is 1. The Morgan fingerprint density at radius 3 is 2.45 bits per heavy atom. The quantitative estimate of drug-likeness (QED) is 0.836. The molecule has 4 aliphatic rings. The molecule has 2 bridgehead atoms. The zero-order valence-corrected chi connectivity index (χ0v) is 11.1. The first-order valence-electron chi connectivity index (χ1n) is 7.13. The Bertz CT molecular complexity index is 394. The lowest BCUT2D eigenvalue weighted by molar-refractivity contribution is -0.176. The monoisotopic (exact) mass is 292 g/mol. The Hall–Kier alpha value is -0.820. The fourth-order valence-electron chi connectivity index (χ4n) is 4.30. The lowest BCUT2D eigenvalue weighted by atomic mass is 9.69. The maximum absolute atomic E-state index is 12.6. The standard InChI is InChI=1S/C13H19F3N2O2/c14-13(15,16)7-18-6-11-9(5-10(18)12(19)20)8-1-3-17(11)4-2-8/h8-11H,1-7H2,(H,19,20). The molecule has 0 saturated carbocycles. The van der Waals surface area contributed by atoms with Crippen LogP contribution in [0.4, 0.5) is 13.2 Å². The van der Waals surface area contributed by atoms with Crippen molar-refractivity contribution in [2.75, 3.05) is 26.2 Å². The van der Waals surface area contributed by atoms with E-state index in [2.05, 4.69) is 4.90 Å². The van der Waals surface area contributed by atoms with Gasteiger partial charge in [-0.25, -0.2) is 0 Å². The van der Waals surface area contributed by atoms with Gasteiger partial charge in [0.05, 0.1) is 6.54 Å². The van der Waals surface area contributed by atoms with E-state index in [1.807, 2.05) is 0 Å². The highest BCUT2D eigenvalue weighted by Gasteiger charge is 2.50. The summed E-state index contributed by atoms with van der Waals surface area (Å²) in [6, 6.07) is -0.876. The van der Waals surface area contributed by atoms with Crippen molar-refractivity contribution in [1.29, 1.82) is 0 Å². The Balaban J connectivity index is 1.79. The average Bonchev–Trinajstić information content (AvgIpc) is 2.37. The van der Waals surface area contributed by atoms with Gasteiger partial charge in [0.15, 0.2) is 0 Å². The highest BCUT2D eigenvalue weighted by atomic mass is 19.4. The molecule has 4 saturated heterocycles. The Labute approximate surface area is 115 Å². The number of hydrogen-bond donors (Lipinski definition) is 1. The molecule has 4 rings (SSSR count). The number of hydrogen-bond acceptors (Lipinski definition) is 3. The van der Waals surface area contributed by atoms with Crippen LogP contribution in [0.5, 0.6) is 0 Å². The summed E-state index contributed by atoms with van der Waals surface area (Å²) in [4.78, 5) is 14.7. The summed E-state index contributed by atoms with van der Waals surface area (Å²) in [7, 11) is 0. The van der Waals surface area contributed by atoms with E-state index in [9.17, 15) is 23.1 Å². The first-order valence-corrected chi connectivity index (χ1v) is 7.13. The minimum Gasteiger partial charge on any atom is -0.480 e. The largest absolute Gasteiger partial charge is 0.480 e. The lowest BCUT2D eigenvalue weighted by Crippen LogP contribution is -2.65. The number of alkyl halides is 3. The van der Waals surface area contributed by atoms with E-state index in [-0.39, 0.29) is 18.5 Å². The van der Waals surface area contributed by atoms with Gasteiger partial charge in [-0.3, -0.25) is 14.6 Å². The van der Waals surface area contributed by atoms with E-state index < -0.39 is 24.7 Å². The van der Waals surface area contributed by atoms with Crippen molar-refractivity contribution in [3.63, 3.8) is 0 Å². The molecular weight excluding hydrogens is 273 g/mol. The smallest absolute Gasteiger partial charge is 0.401 e. The third kappa shape index (κ3) is 2.53. The fourth-order valence-corrected chi connectivity index (χ4v) is 4.30. The van der Waals surface area contributed by atoms with Crippen LogP contribution >= 0.6 is 0 Å². The van der Waals surface area contributed by atoms with E-state index in [1.54, 1.807) is 0 Å². The molecule has 3 unspecified atom stereocenters. The molecular formula is C13H19F3N2O2. The van der Waals surface area contributed by atoms with Gasteiger partial charge in [-0.15, -0.1) is 0 Å². The van der Waals surface area contributed by atoms with Crippen LogP contribution in [-0.2, 0) is 4.79 Å². The van der Waals surface area contributed by atoms with Gasteiger partial charge < -0.3 is 5.11 Å². The molecule has 20 heavy (non-hydrogen) atoms. The summed E-state index contributed by atoms with van der Waals surface area (Å²) >= 11 is 0. The average molecular weight is 292 g/mol. The van der Waals surface area contributed by atoms with Gasteiger partial charge in [0.2, 0.25) is 0 Å². The predicted molar refractivity (Wildman–Crippen MR) is 65.2 cm³/mol. The second-order valence-corrected chi connectivity index (χ2v) is 6.24. The van der Waals surface area contributed by atoms with Crippen molar-refractivity contribution in [2.24, 2.45) is 11.8 Å². The van der Waals surface area contributed by atoms with Crippen LogP contribution in [0.2, 0.25) is 0 Å². The number of likely N-dealkylation sites (tertiary alicyclic amines) is 1. The number of halogens is 3. The molecule has 0 spiro atoms. The molecule has 4 fully saturated rings. The molecule has 0 radical (unpaired) electrons. The minimum absolute atomic E-state index is 0.112. The van der Waals surface area contributed by atoms with E-state index in [1.165, 1.54) is 0 Å². The molecule has 3 atom stereocenters. The number of rotatable bonds is 2. The van der Waals surface area contributed by atoms with Gasteiger partial charge in [-0.2, -0.15) is 13.2 Å². The minimum atomic E-state index is -4.34. The molecule has 0 aromatic rings. The molecule has 1 N–H and O–H groups in total. The number of carbonyl (C=O) groups is 1. The first kappa shape index (κ1) is 14.1. The summed E-state index contributed by atoms with van der Waals surface area (Å²) in [5, 5.41) is 9.24. The fraction of sp³-hybridized carbons (Fsp3) is 0.923. The van der Waals surface area contributed by atoms with Crippen LogP contribution in [0, 0.1) is 11.8 Å². The molecule has 0 aromatic carbocycles. The second kappa shape index (κ2) is 4.87. The number of fused-ring (bicyclic) bond motifs is 2. The second-order valence-electron chi connectivity index (χ2n) is 6.24.